The maximum absolute atomic E-state index is 14.2. The molecule has 2 aromatic rings. The second-order valence-electron chi connectivity index (χ2n) is 5.03. The number of sulfonamides is 1. The van der Waals surface area contributed by atoms with Crippen molar-refractivity contribution in [2.45, 2.75) is 6.54 Å². The number of hydrogen-bond acceptors (Lipinski definition) is 4. The number of amides is 1. The summed E-state index contributed by atoms with van der Waals surface area (Å²) in [6, 6.07) is 9.84. The van der Waals surface area contributed by atoms with Crippen molar-refractivity contribution in [3.05, 3.63) is 64.4 Å². The maximum Gasteiger partial charge on any atom is 0.265 e. The SMILES string of the molecule is CS(=O)(=O)N(Cc1ccc(C(=O)NN)cc1F)c1ccc(Cl)cc1. The Labute approximate surface area is 144 Å². The number of nitrogens with two attached hydrogens (primary N) is 1. The molecule has 0 saturated heterocycles. The Balaban J connectivity index is 2.37. The number of anilines is 1. The number of rotatable bonds is 5. The van der Waals surface area contributed by atoms with Crippen LogP contribution >= 0.6 is 11.6 Å². The molecule has 0 aromatic heterocycles. The summed E-state index contributed by atoms with van der Waals surface area (Å²) < 4.78 is 39.3. The fourth-order valence-electron chi connectivity index (χ4n) is 2.06. The monoisotopic (exact) mass is 371 g/mol. The summed E-state index contributed by atoms with van der Waals surface area (Å²) >= 11 is 5.80. The summed E-state index contributed by atoms with van der Waals surface area (Å²) in [5.41, 5.74) is 2.40. The Bertz CT molecular complexity index is 857. The van der Waals surface area contributed by atoms with Gasteiger partial charge in [-0.25, -0.2) is 18.7 Å². The molecule has 0 aliphatic rings. The van der Waals surface area contributed by atoms with Crippen LogP contribution in [0, 0.1) is 5.82 Å². The minimum absolute atomic E-state index is 0.0381. The second kappa shape index (κ2) is 7.16. The number of halogens is 2. The fourth-order valence-corrected chi connectivity index (χ4v) is 3.07. The average Bonchev–Trinajstić information content (AvgIpc) is 2.53. The third-order valence-electron chi connectivity index (χ3n) is 3.28. The Morgan fingerprint density at radius 3 is 2.38 bits per heavy atom. The number of hydrogen-bond donors (Lipinski definition) is 2. The van der Waals surface area contributed by atoms with Gasteiger partial charge in [0.25, 0.3) is 5.91 Å². The highest BCUT2D eigenvalue weighted by Crippen LogP contribution is 2.24. The molecule has 24 heavy (non-hydrogen) atoms. The lowest BCUT2D eigenvalue weighted by atomic mass is 10.1. The van der Waals surface area contributed by atoms with Crippen LogP contribution in [0.4, 0.5) is 10.1 Å². The summed E-state index contributed by atoms with van der Waals surface area (Å²) in [6.07, 6.45) is 1.02. The van der Waals surface area contributed by atoms with Gasteiger partial charge in [-0.3, -0.25) is 14.5 Å². The molecule has 0 radical (unpaired) electrons. The van der Waals surface area contributed by atoms with E-state index in [-0.39, 0.29) is 17.7 Å². The first-order chi connectivity index (χ1) is 11.2. The first-order valence-electron chi connectivity index (χ1n) is 6.75. The molecule has 0 fully saturated rings. The van der Waals surface area contributed by atoms with E-state index in [1.54, 1.807) is 12.1 Å². The zero-order valence-electron chi connectivity index (χ0n) is 12.7. The third-order valence-corrected chi connectivity index (χ3v) is 4.67. The maximum atomic E-state index is 14.2. The zero-order chi connectivity index (χ0) is 17.9. The molecule has 0 spiro atoms. The lowest BCUT2D eigenvalue weighted by Gasteiger charge is -2.23. The van der Waals surface area contributed by atoms with Gasteiger partial charge in [0.15, 0.2) is 0 Å². The van der Waals surface area contributed by atoms with Crippen molar-refractivity contribution in [1.29, 1.82) is 0 Å². The van der Waals surface area contributed by atoms with Gasteiger partial charge < -0.3 is 0 Å². The van der Waals surface area contributed by atoms with Gasteiger partial charge in [-0.1, -0.05) is 17.7 Å². The highest BCUT2D eigenvalue weighted by Gasteiger charge is 2.20. The van der Waals surface area contributed by atoms with Crippen LogP contribution in [0.25, 0.3) is 0 Å². The molecule has 2 aromatic carbocycles. The van der Waals surface area contributed by atoms with Crippen LogP contribution < -0.4 is 15.6 Å². The van der Waals surface area contributed by atoms with Crippen molar-refractivity contribution in [3.8, 4) is 0 Å². The highest BCUT2D eigenvalue weighted by atomic mass is 35.5. The molecule has 0 aliphatic heterocycles. The molecular weight excluding hydrogens is 357 g/mol. The van der Waals surface area contributed by atoms with Crippen molar-refractivity contribution in [2.75, 3.05) is 10.6 Å². The number of carbonyl (C=O) groups is 1. The number of hydrazine groups is 1. The number of nitrogens with zero attached hydrogens (tertiary/aromatic N) is 1. The zero-order valence-corrected chi connectivity index (χ0v) is 14.2. The summed E-state index contributed by atoms with van der Waals surface area (Å²) in [5, 5.41) is 0.454. The molecular formula is C15H15ClFN3O3S. The molecule has 0 unspecified atom stereocenters. The van der Waals surface area contributed by atoms with Crippen LogP contribution in [0.1, 0.15) is 15.9 Å². The molecule has 1 amide bonds. The predicted molar refractivity (Wildman–Crippen MR) is 90.5 cm³/mol. The van der Waals surface area contributed by atoms with E-state index in [0.29, 0.717) is 10.7 Å². The van der Waals surface area contributed by atoms with Crippen LogP contribution in [0.2, 0.25) is 5.02 Å². The number of carbonyl (C=O) groups excluding carboxylic acids is 1. The minimum atomic E-state index is -3.65. The molecule has 0 atom stereocenters. The van der Waals surface area contributed by atoms with E-state index < -0.39 is 21.7 Å². The largest absolute Gasteiger partial charge is 0.290 e. The molecule has 9 heteroatoms. The number of nitrogen functional groups attached to an aromatic ring is 1. The summed E-state index contributed by atoms with van der Waals surface area (Å²) in [6.45, 7) is -0.225. The number of benzene rings is 2. The first kappa shape index (κ1) is 18.2. The van der Waals surface area contributed by atoms with Gasteiger partial charge >= 0.3 is 0 Å². The molecule has 2 rings (SSSR count). The van der Waals surface area contributed by atoms with Gasteiger partial charge in [-0.2, -0.15) is 0 Å². The van der Waals surface area contributed by atoms with E-state index in [9.17, 15) is 17.6 Å². The van der Waals surface area contributed by atoms with Crippen molar-refractivity contribution in [3.63, 3.8) is 0 Å². The Morgan fingerprint density at radius 1 is 1.25 bits per heavy atom. The molecule has 0 saturated carbocycles. The van der Waals surface area contributed by atoms with Gasteiger partial charge in [0.2, 0.25) is 10.0 Å². The van der Waals surface area contributed by atoms with E-state index in [1.807, 2.05) is 5.43 Å². The van der Waals surface area contributed by atoms with E-state index in [0.717, 1.165) is 16.6 Å². The van der Waals surface area contributed by atoms with Crippen molar-refractivity contribution in [2.24, 2.45) is 5.84 Å². The van der Waals surface area contributed by atoms with Gasteiger partial charge in [-0.15, -0.1) is 0 Å². The summed E-state index contributed by atoms with van der Waals surface area (Å²) in [5.74, 6) is 3.65. The fraction of sp³-hybridized carbons (Fsp3) is 0.133. The average molecular weight is 372 g/mol. The Morgan fingerprint density at radius 2 is 1.88 bits per heavy atom. The third kappa shape index (κ3) is 4.22. The van der Waals surface area contributed by atoms with Crippen molar-refractivity contribution in [1.82, 2.24) is 5.43 Å². The van der Waals surface area contributed by atoms with Gasteiger partial charge in [0.05, 0.1) is 18.5 Å². The topological polar surface area (TPSA) is 92.5 Å². The molecule has 128 valence electrons. The van der Waals surface area contributed by atoms with Crippen LogP contribution in [0.5, 0.6) is 0 Å². The van der Waals surface area contributed by atoms with E-state index in [2.05, 4.69) is 0 Å². The van der Waals surface area contributed by atoms with E-state index >= 15 is 0 Å². The lowest BCUT2D eigenvalue weighted by Crippen LogP contribution is -2.31. The summed E-state index contributed by atoms with van der Waals surface area (Å²) in [7, 11) is -3.65. The normalized spacial score (nSPS) is 11.2. The molecule has 3 N–H and O–H groups in total. The van der Waals surface area contributed by atoms with E-state index in [4.69, 9.17) is 17.4 Å². The van der Waals surface area contributed by atoms with Gasteiger partial charge in [0.1, 0.15) is 5.82 Å². The van der Waals surface area contributed by atoms with Crippen molar-refractivity contribution < 1.29 is 17.6 Å². The summed E-state index contributed by atoms with van der Waals surface area (Å²) in [4.78, 5) is 11.4. The lowest BCUT2D eigenvalue weighted by molar-refractivity contribution is 0.0953. The Kier molecular flexibility index (Phi) is 5.43. The quantitative estimate of drug-likeness (QED) is 0.478. The van der Waals surface area contributed by atoms with Gasteiger partial charge in [0, 0.05) is 16.1 Å². The van der Waals surface area contributed by atoms with Crippen LogP contribution in [-0.2, 0) is 16.6 Å². The highest BCUT2D eigenvalue weighted by molar-refractivity contribution is 7.92. The first-order valence-corrected chi connectivity index (χ1v) is 8.97. The van der Waals surface area contributed by atoms with Crippen molar-refractivity contribution >= 4 is 33.2 Å². The molecule has 0 bridgehead atoms. The minimum Gasteiger partial charge on any atom is -0.290 e. The van der Waals surface area contributed by atoms with Gasteiger partial charge in [-0.05, 0) is 36.4 Å². The van der Waals surface area contributed by atoms with Crippen LogP contribution in [0.3, 0.4) is 0 Å². The van der Waals surface area contributed by atoms with Crippen LogP contribution in [-0.4, -0.2) is 20.6 Å². The standard InChI is InChI=1S/C15H15ClFN3O3S/c1-24(22,23)20(13-6-4-12(16)5-7-13)9-11-3-2-10(8-14(11)17)15(21)19-18/h2-8H,9,18H2,1H3,(H,19,21). The molecule has 6 nitrogen and oxygen atoms in total. The van der Waals surface area contributed by atoms with E-state index in [1.165, 1.54) is 24.3 Å². The van der Waals surface area contributed by atoms with Crippen LogP contribution in [0.15, 0.2) is 42.5 Å². The second-order valence-corrected chi connectivity index (χ2v) is 7.37. The molecule has 0 heterocycles. The molecule has 0 aliphatic carbocycles. The number of nitrogens with one attached hydrogen (secondary N) is 1. The Hall–Kier alpha value is -2.16. The predicted octanol–water partition coefficient (Wildman–Crippen LogP) is 2.05. The smallest absolute Gasteiger partial charge is 0.265 e.